The summed E-state index contributed by atoms with van der Waals surface area (Å²) in [6, 6.07) is 6.42. The molecule has 0 spiro atoms. The molecule has 0 radical (unpaired) electrons. The third-order valence-electron chi connectivity index (χ3n) is 2.73. The van der Waals surface area contributed by atoms with E-state index in [1.807, 2.05) is 0 Å². The van der Waals surface area contributed by atoms with E-state index in [1.165, 1.54) is 6.07 Å². The number of rotatable bonds is 2. The van der Waals surface area contributed by atoms with Crippen molar-refractivity contribution in [1.29, 1.82) is 0 Å². The predicted molar refractivity (Wildman–Crippen MR) is 63.1 cm³/mol. The summed E-state index contributed by atoms with van der Waals surface area (Å²) in [6.07, 6.45) is -0.807. The second-order valence-electron chi connectivity index (χ2n) is 3.79. The van der Waals surface area contributed by atoms with Crippen LogP contribution in [-0.2, 0) is 4.74 Å². The number of carbonyl (C=O) groups is 3. The number of carbonyl (C=O) groups excluding carboxylic acids is 3. The normalized spacial score (nSPS) is 14.5. The molecule has 92 valence electrons. The Morgan fingerprint density at radius 1 is 1.17 bits per heavy atom. The van der Waals surface area contributed by atoms with Gasteiger partial charge in [-0.25, -0.2) is 4.79 Å². The zero-order valence-electron chi connectivity index (χ0n) is 9.73. The molecule has 2 N–H and O–H groups in total. The molecule has 0 atom stereocenters. The summed E-state index contributed by atoms with van der Waals surface area (Å²) >= 11 is 0. The van der Waals surface area contributed by atoms with Crippen molar-refractivity contribution in [3.63, 3.8) is 0 Å². The molecule has 0 bridgehead atoms. The zero-order chi connectivity index (χ0) is 13.3. The van der Waals surface area contributed by atoms with Crippen molar-refractivity contribution < 1.29 is 19.1 Å². The molecule has 5 nitrogen and oxygen atoms in total. The van der Waals surface area contributed by atoms with E-state index >= 15 is 0 Å². The summed E-state index contributed by atoms with van der Waals surface area (Å²) < 4.78 is 4.68. The van der Waals surface area contributed by atoms with E-state index in [0.29, 0.717) is 12.0 Å². The molecular formula is C13H11NO4. The van der Waals surface area contributed by atoms with Crippen molar-refractivity contribution in [3.8, 4) is 0 Å². The van der Waals surface area contributed by atoms with Gasteiger partial charge in [-0.2, -0.15) is 0 Å². The van der Waals surface area contributed by atoms with Crippen LogP contribution in [-0.4, -0.2) is 17.7 Å². The molecule has 18 heavy (non-hydrogen) atoms. The molecule has 5 heteroatoms. The molecule has 0 saturated carbocycles. The van der Waals surface area contributed by atoms with E-state index < -0.39 is 11.9 Å². The molecule has 0 fully saturated rings. The van der Waals surface area contributed by atoms with Gasteiger partial charge in [0.05, 0.1) is 0 Å². The Morgan fingerprint density at radius 3 is 2.22 bits per heavy atom. The van der Waals surface area contributed by atoms with Gasteiger partial charge in [-0.1, -0.05) is 31.2 Å². The Kier molecular flexibility index (Phi) is 2.97. The highest BCUT2D eigenvalue weighted by Crippen LogP contribution is 2.28. The van der Waals surface area contributed by atoms with Gasteiger partial charge in [-0.3, -0.25) is 9.59 Å². The average molecular weight is 245 g/mol. The highest BCUT2D eigenvalue weighted by atomic mass is 16.6. The largest absolute Gasteiger partial charge is 0.410 e. The summed E-state index contributed by atoms with van der Waals surface area (Å²) in [4.78, 5) is 35.1. The summed E-state index contributed by atoms with van der Waals surface area (Å²) in [7, 11) is 0. The van der Waals surface area contributed by atoms with Crippen LogP contribution in [0.3, 0.4) is 0 Å². The number of Topliss-reactive ketones (excluding diaryl/α,β-unsaturated/α-hetero) is 2. The van der Waals surface area contributed by atoms with Crippen molar-refractivity contribution in [2.75, 3.05) is 0 Å². The van der Waals surface area contributed by atoms with Crippen LogP contribution in [0.15, 0.2) is 35.6 Å². The van der Waals surface area contributed by atoms with Gasteiger partial charge in [-0.05, 0) is 6.42 Å². The van der Waals surface area contributed by atoms with Gasteiger partial charge in [0.1, 0.15) is 0 Å². The van der Waals surface area contributed by atoms with E-state index in [9.17, 15) is 14.4 Å². The predicted octanol–water partition coefficient (Wildman–Crippen LogP) is 1.83. The molecule has 1 aliphatic carbocycles. The van der Waals surface area contributed by atoms with Gasteiger partial charge in [-0.15, -0.1) is 0 Å². The van der Waals surface area contributed by atoms with Crippen molar-refractivity contribution in [2.24, 2.45) is 5.73 Å². The minimum Gasteiger partial charge on any atom is -0.406 e. The minimum absolute atomic E-state index is 0.178. The Labute approximate surface area is 103 Å². The van der Waals surface area contributed by atoms with Crippen molar-refractivity contribution in [2.45, 2.75) is 13.3 Å². The van der Waals surface area contributed by atoms with E-state index in [1.54, 1.807) is 25.1 Å². The summed E-state index contributed by atoms with van der Waals surface area (Å²) in [5.41, 5.74) is 5.65. The van der Waals surface area contributed by atoms with E-state index in [2.05, 4.69) is 4.74 Å². The SMILES string of the molecule is CCC1=C(OC(N)=O)C(=O)c2ccccc2C1=O. The number of amides is 1. The molecule has 0 heterocycles. The number of hydrogen-bond donors (Lipinski definition) is 1. The average Bonchev–Trinajstić information content (AvgIpc) is 2.36. The number of benzene rings is 1. The standard InChI is InChI=1S/C13H11NO4/c1-2-7-10(15)8-5-3-4-6-9(8)11(16)12(7)18-13(14)17/h3-6H,2H2,1H3,(H2,14,17). The molecule has 0 aromatic heterocycles. The second-order valence-corrected chi connectivity index (χ2v) is 3.79. The fraction of sp³-hybridized carbons (Fsp3) is 0.154. The Hall–Kier alpha value is -2.43. The van der Waals surface area contributed by atoms with E-state index in [-0.39, 0.29) is 22.7 Å². The number of hydrogen-bond acceptors (Lipinski definition) is 4. The fourth-order valence-corrected chi connectivity index (χ4v) is 1.93. The van der Waals surface area contributed by atoms with Crippen LogP contribution >= 0.6 is 0 Å². The molecule has 1 aromatic carbocycles. The summed E-state index contributed by atoms with van der Waals surface area (Å²) in [5.74, 6) is -1.04. The number of ketones is 2. The molecule has 0 unspecified atom stereocenters. The van der Waals surface area contributed by atoms with Gasteiger partial charge in [0.2, 0.25) is 5.78 Å². The highest BCUT2D eigenvalue weighted by Gasteiger charge is 2.33. The summed E-state index contributed by atoms with van der Waals surface area (Å²) in [6.45, 7) is 1.71. The maximum atomic E-state index is 12.1. The van der Waals surface area contributed by atoms with E-state index in [4.69, 9.17) is 5.73 Å². The van der Waals surface area contributed by atoms with Crippen LogP contribution in [0, 0.1) is 0 Å². The Morgan fingerprint density at radius 2 is 1.72 bits per heavy atom. The number of fused-ring (bicyclic) bond motifs is 1. The van der Waals surface area contributed by atoms with E-state index in [0.717, 1.165) is 0 Å². The van der Waals surface area contributed by atoms with Gasteiger partial charge in [0, 0.05) is 16.7 Å². The lowest BCUT2D eigenvalue weighted by Crippen LogP contribution is -2.26. The molecule has 0 saturated heterocycles. The molecular weight excluding hydrogens is 234 g/mol. The molecule has 2 rings (SSSR count). The van der Waals surface area contributed by atoms with Crippen molar-refractivity contribution >= 4 is 17.7 Å². The minimum atomic E-state index is -1.10. The topological polar surface area (TPSA) is 86.5 Å². The number of allylic oxidation sites excluding steroid dienone is 2. The van der Waals surface area contributed by atoms with Crippen LogP contribution in [0.25, 0.3) is 0 Å². The van der Waals surface area contributed by atoms with Gasteiger partial charge in [0.25, 0.3) is 0 Å². The second kappa shape index (κ2) is 4.44. The first-order chi connectivity index (χ1) is 8.56. The van der Waals surface area contributed by atoms with Crippen molar-refractivity contribution in [3.05, 3.63) is 46.7 Å². The smallest absolute Gasteiger partial charge is 0.406 e. The van der Waals surface area contributed by atoms with Crippen molar-refractivity contribution in [1.82, 2.24) is 0 Å². The van der Waals surface area contributed by atoms with Crippen LogP contribution in [0.1, 0.15) is 34.1 Å². The quantitative estimate of drug-likeness (QED) is 0.861. The third kappa shape index (κ3) is 1.79. The lowest BCUT2D eigenvalue weighted by Gasteiger charge is -2.18. The van der Waals surface area contributed by atoms with Crippen LogP contribution in [0.4, 0.5) is 4.79 Å². The molecule has 1 aromatic rings. The number of nitrogens with two attached hydrogens (primary N) is 1. The number of primary amides is 1. The Balaban J connectivity index is 2.61. The molecule has 1 amide bonds. The summed E-state index contributed by atoms with van der Waals surface area (Å²) in [5, 5.41) is 0. The lowest BCUT2D eigenvalue weighted by molar-refractivity contribution is 0.0907. The third-order valence-corrected chi connectivity index (χ3v) is 2.73. The van der Waals surface area contributed by atoms with Gasteiger partial charge >= 0.3 is 6.09 Å². The first kappa shape index (κ1) is 12.0. The molecule has 0 aliphatic heterocycles. The maximum Gasteiger partial charge on any atom is 0.410 e. The molecule has 1 aliphatic rings. The van der Waals surface area contributed by atoms with Crippen LogP contribution in [0.2, 0.25) is 0 Å². The highest BCUT2D eigenvalue weighted by molar-refractivity contribution is 6.26. The zero-order valence-corrected chi connectivity index (χ0v) is 9.73. The first-order valence-electron chi connectivity index (χ1n) is 5.45. The fourth-order valence-electron chi connectivity index (χ4n) is 1.93. The lowest BCUT2D eigenvalue weighted by atomic mass is 9.87. The monoisotopic (exact) mass is 245 g/mol. The van der Waals surface area contributed by atoms with Gasteiger partial charge < -0.3 is 10.5 Å². The van der Waals surface area contributed by atoms with Gasteiger partial charge in [0.15, 0.2) is 11.5 Å². The van der Waals surface area contributed by atoms with Crippen LogP contribution in [0.5, 0.6) is 0 Å². The van der Waals surface area contributed by atoms with Crippen LogP contribution < -0.4 is 5.73 Å². The first-order valence-corrected chi connectivity index (χ1v) is 5.45. The number of ether oxygens (including phenoxy) is 1. The maximum absolute atomic E-state index is 12.1. The Bertz CT molecular complexity index is 586.